The molecule has 2 aromatic heterocycles. The van der Waals surface area contributed by atoms with Crippen LogP contribution in [0.4, 0.5) is 34.1 Å². The molecule has 230 valence electrons. The van der Waals surface area contributed by atoms with Gasteiger partial charge in [-0.25, -0.2) is 0 Å². The van der Waals surface area contributed by atoms with Gasteiger partial charge in [0.15, 0.2) is 0 Å². The first-order valence-electron chi connectivity index (χ1n) is 18.4. The highest BCUT2D eigenvalue weighted by atomic mass is 32.1. The summed E-state index contributed by atoms with van der Waals surface area (Å²) >= 11 is 3.34. The topological polar surface area (TPSA) is 6.48 Å². The van der Waals surface area contributed by atoms with Crippen LogP contribution in [0.3, 0.4) is 0 Å². The Morgan fingerprint density at radius 1 is 0.646 bits per heavy atom. The van der Waals surface area contributed by atoms with Crippen LogP contribution < -0.4 is 25.5 Å². The Morgan fingerprint density at radius 2 is 1.35 bits per heavy atom. The van der Waals surface area contributed by atoms with Crippen molar-refractivity contribution in [2.24, 2.45) is 0 Å². The largest absolute Gasteiger partial charge is 0.310 e. The molecule has 0 amide bonds. The fourth-order valence-corrected chi connectivity index (χ4v) is 10.3. The van der Waals surface area contributed by atoms with Gasteiger partial charge >= 0.3 is 0 Å². The Kier molecular flexibility index (Phi) is 5.11. The second kappa shape index (κ2) is 10.1. The number of aryl methyl sites for hydroxylation is 1. The second-order valence-corrected chi connectivity index (χ2v) is 16.1. The molecule has 6 aromatic carbocycles. The number of hydrogen-bond donors (Lipinski definition) is 0. The molecule has 0 unspecified atom stereocenters. The maximum Gasteiger partial charge on any atom is 0.264 e. The summed E-state index contributed by atoms with van der Waals surface area (Å²) in [5, 5.41) is 2.69. The normalized spacial score (nSPS) is 14.9. The molecule has 0 bridgehead atoms. The zero-order valence-corrected chi connectivity index (χ0v) is 28.7. The number of benzene rings is 6. The highest BCUT2D eigenvalue weighted by molar-refractivity contribution is 7.33. The van der Waals surface area contributed by atoms with Gasteiger partial charge in [0.25, 0.3) is 6.71 Å². The lowest BCUT2D eigenvalue weighted by Crippen LogP contribution is -2.60. The number of rotatable bonds is 2. The molecule has 8 aromatic rings. The molecule has 4 heterocycles. The molecule has 48 heavy (non-hydrogen) atoms. The zero-order chi connectivity index (χ0) is 35.8. The molecule has 0 aliphatic carbocycles. The lowest BCUT2D eigenvalue weighted by molar-refractivity contribution is 0.590. The van der Waals surface area contributed by atoms with Gasteiger partial charge in [0.05, 0.1) is 21.6 Å². The van der Waals surface area contributed by atoms with E-state index in [9.17, 15) is 0 Å². The van der Waals surface area contributed by atoms with Gasteiger partial charge in [0.2, 0.25) is 0 Å². The van der Waals surface area contributed by atoms with Gasteiger partial charge in [-0.05, 0) is 82.9 Å². The van der Waals surface area contributed by atoms with Crippen LogP contribution in [-0.2, 0) is 5.41 Å². The fraction of sp³-hybridized carbons (Fsp3) is 0.116. The molecule has 2 aliphatic rings. The Morgan fingerprint density at radius 3 is 2.19 bits per heavy atom. The van der Waals surface area contributed by atoms with E-state index in [2.05, 4.69) is 128 Å². The van der Waals surface area contributed by atoms with E-state index in [-0.39, 0.29) is 36.3 Å². The quantitative estimate of drug-likeness (QED) is 0.171. The minimum absolute atomic E-state index is 0.0110. The van der Waals surface area contributed by atoms with E-state index in [1.54, 1.807) is 0 Å². The van der Waals surface area contributed by atoms with Crippen LogP contribution in [-0.4, -0.2) is 6.71 Å². The maximum atomic E-state index is 8.85. The standard InChI is InChI=1S/C43H33BN2S2/c1-26-24-35-39-36(25-26)46(34-17-11-14-30-29-12-5-9-18-37(29)47-41(30)34)33-16-8-7-15-32(33)44(39)42-40(31-13-6-10-19-38(31)48-42)45(35)28-22-20-27(21-23-28)43(2,3)4/h5-25H,1-4H3/i5D,9D,12D,18D. The lowest BCUT2D eigenvalue weighted by Gasteiger charge is -2.43. The Bertz CT molecular complexity index is 2820. The summed E-state index contributed by atoms with van der Waals surface area (Å²) < 4.78 is 38.6. The van der Waals surface area contributed by atoms with Gasteiger partial charge in [0.1, 0.15) is 0 Å². The van der Waals surface area contributed by atoms with Crippen molar-refractivity contribution in [2.75, 3.05) is 9.80 Å². The number of thiophene rings is 2. The first kappa shape index (κ1) is 24.3. The first-order chi connectivity index (χ1) is 25.0. The average molecular weight is 657 g/mol. The minimum Gasteiger partial charge on any atom is -0.310 e. The van der Waals surface area contributed by atoms with Crippen molar-refractivity contribution in [1.29, 1.82) is 0 Å². The van der Waals surface area contributed by atoms with E-state index in [4.69, 9.17) is 5.48 Å². The van der Waals surface area contributed by atoms with E-state index < -0.39 is 0 Å². The van der Waals surface area contributed by atoms with Crippen molar-refractivity contribution in [2.45, 2.75) is 33.1 Å². The van der Waals surface area contributed by atoms with Crippen LogP contribution in [0, 0.1) is 6.92 Å². The third-order valence-electron chi connectivity index (χ3n) is 9.97. The van der Waals surface area contributed by atoms with Crippen molar-refractivity contribution in [3.8, 4) is 0 Å². The van der Waals surface area contributed by atoms with E-state index in [1.165, 1.54) is 54.1 Å². The second-order valence-electron chi connectivity index (χ2n) is 13.9. The van der Waals surface area contributed by atoms with Gasteiger partial charge in [0, 0.05) is 53.1 Å². The van der Waals surface area contributed by atoms with Gasteiger partial charge in [-0.15, -0.1) is 22.7 Å². The Hall–Kier alpha value is -4.84. The molecule has 0 fully saturated rings. The highest BCUT2D eigenvalue weighted by Gasteiger charge is 2.45. The molecular formula is C43H33BN2S2. The fourth-order valence-electron chi connectivity index (χ4n) is 7.83. The van der Waals surface area contributed by atoms with Gasteiger partial charge in [-0.3, -0.25) is 0 Å². The summed E-state index contributed by atoms with van der Waals surface area (Å²) in [6.07, 6.45) is 0. The molecule has 10 rings (SSSR count). The number of para-hydroxylation sites is 1. The zero-order valence-electron chi connectivity index (χ0n) is 31.1. The van der Waals surface area contributed by atoms with Gasteiger partial charge < -0.3 is 9.80 Å². The van der Waals surface area contributed by atoms with E-state index >= 15 is 0 Å². The highest BCUT2D eigenvalue weighted by Crippen LogP contribution is 2.50. The van der Waals surface area contributed by atoms with Crippen LogP contribution in [0.5, 0.6) is 0 Å². The first-order valence-corrected chi connectivity index (χ1v) is 18.0. The van der Waals surface area contributed by atoms with Gasteiger partial charge in [-0.2, -0.15) is 0 Å². The SMILES string of the molecule is [2H]c1c([2H])c([2H])c2c(sc3c(N4c5ccccc5B5c6sc7ccccc7c6N(c6ccc(C(C)(C)C)cc6)c6cc(C)cc4c65)cccc32)c1[2H]. The molecule has 0 saturated carbocycles. The summed E-state index contributed by atoms with van der Waals surface area (Å²) in [4.78, 5) is 4.87. The summed E-state index contributed by atoms with van der Waals surface area (Å²) in [6.45, 7) is 8.97. The maximum absolute atomic E-state index is 8.85. The van der Waals surface area contributed by atoms with E-state index in [1.807, 2.05) is 23.5 Å². The molecule has 0 atom stereocenters. The van der Waals surface area contributed by atoms with Crippen molar-refractivity contribution in [3.63, 3.8) is 0 Å². The number of anilines is 6. The molecule has 0 radical (unpaired) electrons. The number of hydrogen-bond acceptors (Lipinski definition) is 4. The molecule has 0 spiro atoms. The van der Waals surface area contributed by atoms with Crippen LogP contribution in [0.2, 0.25) is 0 Å². The monoisotopic (exact) mass is 656 g/mol. The third-order valence-corrected chi connectivity index (χ3v) is 12.3. The lowest BCUT2D eigenvalue weighted by atomic mass is 9.36. The van der Waals surface area contributed by atoms with E-state index in [0.717, 1.165) is 38.4 Å². The Labute approximate surface area is 295 Å². The summed E-state index contributed by atoms with van der Waals surface area (Å²) in [5.74, 6) is 0. The van der Waals surface area contributed by atoms with Crippen LogP contribution in [0.25, 0.3) is 30.3 Å². The Balaban J connectivity index is 1.30. The van der Waals surface area contributed by atoms with Crippen molar-refractivity contribution >= 4 is 109 Å². The smallest absolute Gasteiger partial charge is 0.264 e. The van der Waals surface area contributed by atoms with Crippen molar-refractivity contribution in [1.82, 2.24) is 0 Å². The predicted octanol–water partition coefficient (Wildman–Crippen LogP) is 11.0. The summed E-state index contributed by atoms with van der Waals surface area (Å²) in [5.41, 5.74) is 11.7. The molecular weight excluding hydrogens is 619 g/mol. The molecule has 5 heteroatoms. The summed E-state index contributed by atoms with van der Waals surface area (Å²) in [6, 6.07) is 37.1. The molecule has 0 saturated heterocycles. The van der Waals surface area contributed by atoms with Crippen LogP contribution in [0.1, 0.15) is 37.4 Å². The average Bonchev–Trinajstić information content (AvgIpc) is 3.72. The van der Waals surface area contributed by atoms with Gasteiger partial charge in [-0.1, -0.05) is 99.6 Å². The third kappa shape index (κ3) is 3.92. The van der Waals surface area contributed by atoms with Crippen LogP contribution >= 0.6 is 22.7 Å². The van der Waals surface area contributed by atoms with Crippen molar-refractivity contribution < 1.29 is 5.48 Å². The number of fused-ring (bicyclic) bond motifs is 9. The molecule has 2 aliphatic heterocycles. The minimum atomic E-state index is -0.198. The summed E-state index contributed by atoms with van der Waals surface area (Å²) in [7, 11) is 0. The van der Waals surface area contributed by atoms with E-state index in [0.29, 0.717) is 10.1 Å². The number of nitrogens with zero attached hydrogens (tertiary/aromatic N) is 2. The molecule has 0 N–H and O–H groups in total. The van der Waals surface area contributed by atoms with Crippen LogP contribution in [0.15, 0.2) is 127 Å². The van der Waals surface area contributed by atoms with Crippen molar-refractivity contribution in [3.05, 3.63) is 138 Å². The molecule has 2 nitrogen and oxygen atoms in total. The predicted molar refractivity (Wildman–Crippen MR) is 212 cm³/mol.